The van der Waals surface area contributed by atoms with Crippen LogP contribution in [0.2, 0.25) is 0 Å². The zero-order valence-electron chi connectivity index (χ0n) is 15.5. The lowest BCUT2D eigenvalue weighted by Gasteiger charge is -2.29. The fourth-order valence-corrected chi connectivity index (χ4v) is 4.95. The molecule has 2 aliphatic rings. The van der Waals surface area contributed by atoms with Crippen molar-refractivity contribution < 1.29 is 19.1 Å². The Labute approximate surface area is 157 Å². The van der Waals surface area contributed by atoms with E-state index in [1.807, 2.05) is 39.0 Å². The van der Waals surface area contributed by atoms with Crippen molar-refractivity contribution in [3.8, 4) is 0 Å². The van der Waals surface area contributed by atoms with Gasteiger partial charge in [-0.3, -0.25) is 9.59 Å². The molecule has 1 N–H and O–H groups in total. The van der Waals surface area contributed by atoms with Crippen LogP contribution in [0.5, 0.6) is 0 Å². The zero-order chi connectivity index (χ0) is 19.1. The number of nitrogens with one attached hydrogen (secondary N) is 1. The maximum atomic E-state index is 12.6. The van der Waals surface area contributed by atoms with E-state index in [2.05, 4.69) is 5.32 Å². The van der Waals surface area contributed by atoms with Crippen molar-refractivity contribution in [2.75, 3.05) is 11.1 Å². The first-order valence-corrected chi connectivity index (χ1v) is 9.75. The Morgan fingerprint density at radius 2 is 2.00 bits per heavy atom. The number of benzene rings is 1. The quantitative estimate of drug-likeness (QED) is 0.818. The van der Waals surface area contributed by atoms with E-state index >= 15 is 0 Å². The molecule has 7 heteroatoms. The minimum Gasteiger partial charge on any atom is -0.451 e. The van der Waals surface area contributed by atoms with Crippen molar-refractivity contribution in [3.63, 3.8) is 0 Å². The number of rotatable bonds is 4. The maximum Gasteiger partial charge on any atom is 0.330 e. The van der Waals surface area contributed by atoms with Gasteiger partial charge in [-0.2, -0.15) is 0 Å². The van der Waals surface area contributed by atoms with Gasteiger partial charge in [0.2, 0.25) is 5.91 Å². The van der Waals surface area contributed by atoms with Crippen LogP contribution >= 0.6 is 11.8 Å². The molecular formula is C19H24N2O4S. The number of ether oxygens (including phenoxy) is 1. The number of fused-ring (bicyclic) bond motifs is 1. The highest BCUT2D eigenvalue weighted by Gasteiger charge is 2.53. The third kappa shape index (κ3) is 3.32. The predicted molar refractivity (Wildman–Crippen MR) is 101 cm³/mol. The van der Waals surface area contributed by atoms with Gasteiger partial charge in [-0.25, -0.2) is 4.79 Å². The van der Waals surface area contributed by atoms with Gasteiger partial charge in [-0.1, -0.05) is 18.2 Å². The largest absolute Gasteiger partial charge is 0.451 e. The van der Waals surface area contributed by atoms with Gasteiger partial charge in [0, 0.05) is 17.9 Å². The number of hydrogen-bond acceptors (Lipinski definition) is 5. The number of carbonyl (C=O) groups excluding carboxylic acids is 3. The highest BCUT2D eigenvalue weighted by molar-refractivity contribution is 8.01. The molecule has 140 valence electrons. The van der Waals surface area contributed by atoms with Crippen LogP contribution in [0.4, 0.5) is 5.69 Å². The Hall–Kier alpha value is -2.02. The maximum absolute atomic E-state index is 12.6. The molecule has 2 saturated heterocycles. The van der Waals surface area contributed by atoms with Crippen molar-refractivity contribution in [3.05, 3.63) is 29.3 Å². The Morgan fingerprint density at radius 3 is 2.65 bits per heavy atom. The number of carbonyl (C=O) groups is 3. The van der Waals surface area contributed by atoms with E-state index in [9.17, 15) is 14.4 Å². The molecular weight excluding hydrogens is 352 g/mol. The van der Waals surface area contributed by atoms with Crippen LogP contribution in [-0.2, 0) is 19.1 Å². The summed E-state index contributed by atoms with van der Waals surface area (Å²) in [5.41, 5.74) is 2.63. The molecule has 0 aliphatic carbocycles. The number of nitrogens with zero attached hydrogens (tertiary/aromatic N) is 1. The van der Waals surface area contributed by atoms with Gasteiger partial charge in [0.25, 0.3) is 5.91 Å². The van der Waals surface area contributed by atoms with Crippen LogP contribution in [0.1, 0.15) is 37.8 Å². The molecule has 1 aromatic rings. The highest BCUT2D eigenvalue weighted by Crippen LogP contribution is 2.47. The number of para-hydroxylation sites is 1. The van der Waals surface area contributed by atoms with Gasteiger partial charge >= 0.3 is 5.97 Å². The Balaban J connectivity index is 1.64. The minimum absolute atomic E-state index is 0.0212. The summed E-state index contributed by atoms with van der Waals surface area (Å²) < 4.78 is 5.39. The number of aryl methyl sites for hydroxylation is 2. The summed E-state index contributed by atoms with van der Waals surface area (Å²) in [7, 11) is 0. The van der Waals surface area contributed by atoms with E-state index in [-0.39, 0.29) is 16.7 Å². The van der Waals surface area contributed by atoms with Gasteiger partial charge < -0.3 is 15.0 Å². The second kappa shape index (κ2) is 6.95. The number of amides is 2. The molecule has 3 atom stereocenters. The standard InChI is InChI=1S/C19H24N2O4S/c1-11-6-5-7-12(2)16(11)20-17(23)13(3)25-18(24)14-10-26-19(4)9-8-15(22)21(14)19/h5-7,13-14H,8-10H2,1-4H3,(H,20,23)/t13-,14-,19-/m0/s1. The summed E-state index contributed by atoms with van der Waals surface area (Å²) in [6.07, 6.45) is 0.259. The minimum atomic E-state index is -0.934. The van der Waals surface area contributed by atoms with E-state index in [0.29, 0.717) is 12.2 Å². The van der Waals surface area contributed by atoms with Crippen LogP contribution in [0.25, 0.3) is 0 Å². The number of anilines is 1. The Bertz CT molecular complexity index is 746. The van der Waals surface area contributed by atoms with E-state index in [4.69, 9.17) is 4.74 Å². The number of thioether (sulfide) groups is 1. The average molecular weight is 376 g/mol. The first-order chi connectivity index (χ1) is 12.2. The Morgan fingerprint density at radius 1 is 1.35 bits per heavy atom. The number of hydrogen-bond donors (Lipinski definition) is 1. The summed E-state index contributed by atoms with van der Waals surface area (Å²) >= 11 is 1.60. The molecule has 2 aliphatic heterocycles. The van der Waals surface area contributed by atoms with Crippen LogP contribution in [0.3, 0.4) is 0 Å². The summed E-state index contributed by atoms with van der Waals surface area (Å²) in [5.74, 6) is -0.406. The summed E-state index contributed by atoms with van der Waals surface area (Å²) in [6, 6.07) is 5.13. The molecule has 3 rings (SSSR count). The molecule has 0 saturated carbocycles. The smallest absolute Gasteiger partial charge is 0.330 e. The van der Waals surface area contributed by atoms with Gasteiger partial charge in [0.1, 0.15) is 6.04 Å². The second-order valence-corrected chi connectivity index (χ2v) is 8.60. The van der Waals surface area contributed by atoms with E-state index in [1.54, 1.807) is 23.6 Å². The van der Waals surface area contributed by atoms with E-state index in [0.717, 1.165) is 23.2 Å². The predicted octanol–water partition coefficient (Wildman–Crippen LogP) is 2.63. The van der Waals surface area contributed by atoms with Gasteiger partial charge in [0.15, 0.2) is 6.10 Å². The highest BCUT2D eigenvalue weighted by atomic mass is 32.2. The van der Waals surface area contributed by atoms with Crippen molar-refractivity contribution in [2.45, 2.75) is 57.6 Å². The summed E-state index contributed by atoms with van der Waals surface area (Å²) in [4.78, 5) is 38.5. The zero-order valence-corrected chi connectivity index (χ0v) is 16.3. The van der Waals surface area contributed by atoms with Gasteiger partial charge in [-0.05, 0) is 45.2 Å². The molecule has 26 heavy (non-hydrogen) atoms. The lowest BCUT2D eigenvalue weighted by atomic mass is 10.1. The SMILES string of the molecule is Cc1cccc(C)c1NC(=O)[C@H](C)OC(=O)[C@@H]1CS[C@@]2(C)CCC(=O)N12. The van der Waals surface area contributed by atoms with Crippen molar-refractivity contribution >= 4 is 35.2 Å². The fourth-order valence-electron chi connectivity index (χ4n) is 3.54. The normalized spacial score (nSPS) is 25.8. The molecule has 2 fully saturated rings. The van der Waals surface area contributed by atoms with Crippen LogP contribution < -0.4 is 5.32 Å². The van der Waals surface area contributed by atoms with E-state index in [1.165, 1.54) is 0 Å². The van der Waals surface area contributed by atoms with Crippen molar-refractivity contribution in [1.29, 1.82) is 0 Å². The molecule has 6 nitrogen and oxygen atoms in total. The first-order valence-electron chi connectivity index (χ1n) is 8.76. The van der Waals surface area contributed by atoms with E-state index < -0.39 is 18.1 Å². The fraction of sp³-hybridized carbons (Fsp3) is 0.526. The second-order valence-electron chi connectivity index (χ2n) is 7.10. The topological polar surface area (TPSA) is 75.7 Å². The summed E-state index contributed by atoms with van der Waals surface area (Å²) in [6.45, 7) is 7.35. The molecule has 0 unspecified atom stereocenters. The molecule has 2 amide bonds. The third-order valence-corrected chi connectivity index (χ3v) is 6.61. The Kier molecular flexibility index (Phi) is 5.01. The van der Waals surface area contributed by atoms with Gasteiger partial charge in [-0.15, -0.1) is 11.8 Å². The van der Waals surface area contributed by atoms with Crippen LogP contribution in [0, 0.1) is 13.8 Å². The van der Waals surface area contributed by atoms with Crippen LogP contribution in [-0.4, -0.2) is 45.5 Å². The lowest BCUT2D eigenvalue weighted by Crippen LogP contribution is -2.48. The van der Waals surface area contributed by atoms with Crippen molar-refractivity contribution in [1.82, 2.24) is 4.90 Å². The molecule has 1 aromatic carbocycles. The summed E-state index contributed by atoms with van der Waals surface area (Å²) in [5, 5.41) is 2.83. The molecule has 0 aromatic heterocycles. The molecule has 0 spiro atoms. The monoisotopic (exact) mass is 376 g/mol. The molecule has 0 bridgehead atoms. The third-order valence-electron chi connectivity index (χ3n) is 5.11. The van der Waals surface area contributed by atoms with Gasteiger partial charge in [0.05, 0.1) is 4.87 Å². The van der Waals surface area contributed by atoms with Crippen molar-refractivity contribution in [2.24, 2.45) is 0 Å². The number of esters is 1. The molecule has 2 heterocycles. The molecule has 0 radical (unpaired) electrons. The average Bonchev–Trinajstić information content (AvgIpc) is 3.07. The lowest BCUT2D eigenvalue weighted by molar-refractivity contribution is -0.160. The van der Waals surface area contributed by atoms with Crippen LogP contribution in [0.15, 0.2) is 18.2 Å². The first kappa shape index (κ1) is 18.8.